The van der Waals surface area contributed by atoms with Gasteiger partial charge in [0.15, 0.2) is 23.1 Å². The SMILES string of the molecule is COC(=O)N(C)CC(=O)c1cc(I)cc(C)c1CC(=O)c1cc(Cn2ccc(C(F)(F)F)n2)nn1-c1ncccc1Cl. The molecule has 0 fully saturated rings. The lowest BCUT2D eigenvalue weighted by Gasteiger charge is -2.17. The fourth-order valence-electron chi connectivity index (χ4n) is 4.20. The van der Waals surface area contributed by atoms with Gasteiger partial charge in [0.25, 0.3) is 0 Å². The van der Waals surface area contributed by atoms with E-state index in [4.69, 9.17) is 11.6 Å². The Labute approximate surface area is 256 Å². The third kappa shape index (κ3) is 6.98. The van der Waals surface area contributed by atoms with Gasteiger partial charge in [-0.15, -0.1) is 0 Å². The Kier molecular flexibility index (Phi) is 9.35. The van der Waals surface area contributed by atoms with Crippen LogP contribution in [0.4, 0.5) is 18.0 Å². The van der Waals surface area contributed by atoms with E-state index in [1.54, 1.807) is 25.1 Å². The highest BCUT2D eigenvalue weighted by atomic mass is 127. The van der Waals surface area contributed by atoms with Gasteiger partial charge in [0, 0.05) is 35.0 Å². The van der Waals surface area contributed by atoms with Crippen LogP contribution in [0.25, 0.3) is 5.82 Å². The first-order valence-corrected chi connectivity index (χ1v) is 13.7. The summed E-state index contributed by atoms with van der Waals surface area (Å²) in [6, 6.07) is 8.88. The minimum Gasteiger partial charge on any atom is -0.453 e. The van der Waals surface area contributed by atoms with E-state index < -0.39 is 29.5 Å². The Balaban J connectivity index is 1.72. The average molecular weight is 715 g/mol. The number of alkyl halides is 3. The lowest BCUT2D eigenvalue weighted by Crippen LogP contribution is -2.32. The van der Waals surface area contributed by atoms with Gasteiger partial charge in [0.1, 0.15) is 5.69 Å². The molecule has 0 N–H and O–H groups in total. The fraction of sp³-hybridized carbons (Fsp3) is 0.259. The van der Waals surface area contributed by atoms with Crippen LogP contribution in [-0.2, 0) is 23.9 Å². The molecule has 0 saturated heterocycles. The summed E-state index contributed by atoms with van der Waals surface area (Å²) >= 11 is 8.41. The summed E-state index contributed by atoms with van der Waals surface area (Å²) in [5.41, 5.74) is 0.617. The van der Waals surface area contributed by atoms with E-state index in [2.05, 4.69) is 42.5 Å². The highest BCUT2D eigenvalue weighted by molar-refractivity contribution is 14.1. The summed E-state index contributed by atoms with van der Waals surface area (Å²) in [4.78, 5) is 44.2. The number of aromatic nitrogens is 5. The Morgan fingerprint density at radius 1 is 1.12 bits per heavy atom. The number of aryl methyl sites for hydroxylation is 1. The van der Waals surface area contributed by atoms with E-state index in [-0.39, 0.29) is 47.3 Å². The number of likely N-dealkylation sites (N-methyl/N-ethyl adjacent to an activating group) is 1. The Bertz CT molecular complexity index is 1670. The molecule has 0 aliphatic heterocycles. The summed E-state index contributed by atoms with van der Waals surface area (Å²) < 4.78 is 46.9. The first-order valence-electron chi connectivity index (χ1n) is 12.2. The van der Waals surface area contributed by atoms with Crippen molar-refractivity contribution >= 4 is 51.9 Å². The van der Waals surface area contributed by atoms with E-state index in [9.17, 15) is 27.6 Å². The van der Waals surface area contributed by atoms with Crippen molar-refractivity contribution in [1.29, 1.82) is 0 Å². The molecule has 42 heavy (non-hydrogen) atoms. The van der Waals surface area contributed by atoms with Gasteiger partial charge in [0.2, 0.25) is 0 Å². The summed E-state index contributed by atoms with van der Waals surface area (Å²) in [6.07, 6.45) is -2.90. The van der Waals surface area contributed by atoms with Crippen molar-refractivity contribution in [3.8, 4) is 5.82 Å². The van der Waals surface area contributed by atoms with Crippen LogP contribution in [0.15, 0.2) is 48.8 Å². The predicted molar refractivity (Wildman–Crippen MR) is 154 cm³/mol. The molecule has 0 aliphatic carbocycles. The van der Waals surface area contributed by atoms with Crippen molar-refractivity contribution in [3.63, 3.8) is 0 Å². The number of rotatable bonds is 9. The summed E-state index contributed by atoms with van der Waals surface area (Å²) in [6.45, 7) is 1.32. The molecule has 4 rings (SSSR count). The van der Waals surface area contributed by atoms with E-state index in [0.29, 0.717) is 11.1 Å². The van der Waals surface area contributed by atoms with Crippen molar-refractivity contribution in [2.75, 3.05) is 20.7 Å². The molecule has 1 aromatic carbocycles. The molecule has 3 aromatic heterocycles. The van der Waals surface area contributed by atoms with Gasteiger partial charge in [0.05, 0.1) is 30.9 Å². The zero-order valence-electron chi connectivity index (χ0n) is 22.4. The minimum atomic E-state index is -4.61. The zero-order chi connectivity index (χ0) is 30.8. The zero-order valence-corrected chi connectivity index (χ0v) is 25.4. The second-order valence-electron chi connectivity index (χ2n) is 9.24. The van der Waals surface area contributed by atoms with Gasteiger partial charge in [-0.05, 0) is 77.0 Å². The van der Waals surface area contributed by atoms with Gasteiger partial charge < -0.3 is 9.64 Å². The number of methoxy groups -OCH3 is 1. The van der Waals surface area contributed by atoms with Crippen molar-refractivity contribution in [1.82, 2.24) is 29.4 Å². The van der Waals surface area contributed by atoms with Crippen LogP contribution >= 0.6 is 34.2 Å². The molecule has 1 amide bonds. The standard InChI is InChI=1S/C27H23ClF3IN6O4/c1-15-9-16(32)10-19(23(40)14-36(2)26(41)42-3)18(15)12-22(39)21-11-17(13-37-8-6-24(35-37)27(29,30)31)34-38(21)25-20(28)5-4-7-33-25/h4-11H,12-14H2,1-3H3. The molecular formula is C27H23ClF3IN6O4. The molecule has 3 heterocycles. The van der Waals surface area contributed by atoms with Crippen LogP contribution in [0.3, 0.4) is 0 Å². The first-order chi connectivity index (χ1) is 19.8. The monoisotopic (exact) mass is 714 g/mol. The van der Waals surface area contributed by atoms with E-state index in [0.717, 1.165) is 25.4 Å². The third-order valence-electron chi connectivity index (χ3n) is 6.18. The molecule has 0 spiro atoms. The summed E-state index contributed by atoms with van der Waals surface area (Å²) in [5.74, 6) is -0.708. The van der Waals surface area contributed by atoms with Gasteiger partial charge in [-0.1, -0.05) is 11.6 Å². The third-order valence-corrected chi connectivity index (χ3v) is 7.10. The number of hydrogen-bond donors (Lipinski definition) is 0. The van der Waals surface area contributed by atoms with Crippen LogP contribution in [0, 0.1) is 10.5 Å². The van der Waals surface area contributed by atoms with Gasteiger partial charge in [-0.2, -0.15) is 23.4 Å². The molecule has 220 valence electrons. The molecule has 0 radical (unpaired) electrons. The fourth-order valence-corrected chi connectivity index (χ4v) is 5.18. The highest BCUT2D eigenvalue weighted by Crippen LogP contribution is 2.28. The number of Topliss-reactive ketones (excluding diaryl/α,β-unsaturated/α-hetero) is 2. The topological polar surface area (TPSA) is 112 Å². The molecule has 0 unspecified atom stereocenters. The number of hydrogen-bond acceptors (Lipinski definition) is 7. The van der Waals surface area contributed by atoms with Crippen LogP contribution in [0.5, 0.6) is 0 Å². The molecule has 0 aliphatic rings. The van der Waals surface area contributed by atoms with Crippen LogP contribution in [0.2, 0.25) is 5.02 Å². The van der Waals surface area contributed by atoms with E-state index in [1.165, 1.54) is 31.1 Å². The number of benzene rings is 1. The van der Waals surface area contributed by atoms with E-state index >= 15 is 0 Å². The van der Waals surface area contributed by atoms with Gasteiger partial charge in [-0.25, -0.2) is 14.5 Å². The van der Waals surface area contributed by atoms with Crippen molar-refractivity contribution in [2.24, 2.45) is 0 Å². The number of ketones is 2. The maximum absolute atomic E-state index is 13.8. The molecule has 0 bridgehead atoms. The van der Waals surface area contributed by atoms with Gasteiger partial charge >= 0.3 is 12.3 Å². The van der Waals surface area contributed by atoms with Crippen LogP contribution in [-0.4, -0.2) is 67.8 Å². The van der Waals surface area contributed by atoms with Crippen molar-refractivity contribution < 1.29 is 32.3 Å². The lowest BCUT2D eigenvalue weighted by molar-refractivity contribution is -0.141. The smallest absolute Gasteiger partial charge is 0.435 e. The molecule has 0 atom stereocenters. The minimum absolute atomic E-state index is 0.0526. The Hall–Kier alpha value is -3.79. The Morgan fingerprint density at radius 2 is 1.86 bits per heavy atom. The van der Waals surface area contributed by atoms with Crippen LogP contribution in [0.1, 0.15) is 43.4 Å². The Morgan fingerprint density at radius 3 is 2.50 bits per heavy atom. The molecule has 4 aromatic rings. The number of carbonyl (C=O) groups excluding carboxylic acids is 3. The number of carbonyl (C=O) groups is 3. The maximum Gasteiger partial charge on any atom is 0.435 e. The van der Waals surface area contributed by atoms with E-state index in [1.807, 2.05) is 6.07 Å². The second-order valence-corrected chi connectivity index (χ2v) is 10.9. The van der Waals surface area contributed by atoms with Crippen molar-refractivity contribution in [3.05, 3.63) is 91.2 Å². The van der Waals surface area contributed by atoms with Gasteiger partial charge in [-0.3, -0.25) is 14.3 Å². The summed E-state index contributed by atoms with van der Waals surface area (Å²) in [5, 5.41) is 8.15. The number of halogens is 5. The number of pyridine rings is 1. The second kappa shape index (κ2) is 12.6. The first kappa shape index (κ1) is 31.2. The largest absolute Gasteiger partial charge is 0.453 e. The summed E-state index contributed by atoms with van der Waals surface area (Å²) in [7, 11) is 2.62. The maximum atomic E-state index is 13.8. The normalized spacial score (nSPS) is 11.4. The number of nitrogens with zero attached hydrogens (tertiary/aromatic N) is 6. The predicted octanol–water partition coefficient (Wildman–Crippen LogP) is 5.40. The quantitative estimate of drug-likeness (QED) is 0.169. The molecule has 0 saturated carbocycles. The molecule has 15 heteroatoms. The highest BCUT2D eigenvalue weighted by Gasteiger charge is 2.33. The lowest BCUT2D eigenvalue weighted by atomic mass is 9.93. The average Bonchev–Trinajstić information content (AvgIpc) is 3.57. The number of amides is 1. The molecule has 10 nitrogen and oxygen atoms in total. The van der Waals surface area contributed by atoms with Crippen LogP contribution < -0.4 is 0 Å². The number of ether oxygens (including phenoxy) is 1. The van der Waals surface area contributed by atoms with Crippen molar-refractivity contribution in [2.45, 2.75) is 26.1 Å². The molecular weight excluding hydrogens is 692 g/mol.